The van der Waals surface area contributed by atoms with Gasteiger partial charge in [0.15, 0.2) is 0 Å². The van der Waals surface area contributed by atoms with Crippen molar-refractivity contribution in [2.45, 2.75) is 27.2 Å². The summed E-state index contributed by atoms with van der Waals surface area (Å²) in [6.45, 7) is 9.18. The summed E-state index contributed by atoms with van der Waals surface area (Å²) in [4.78, 5) is 23.2. The molecule has 0 spiro atoms. The van der Waals surface area contributed by atoms with Gasteiger partial charge in [-0.05, 0) is 52.9 Å². The fourth-order valence-electron chi connectivity index (χ4n) is 3.08. The molecule has 4 nitrogen and oxygen atoms in total. The van der Waals surface area contributed by atoms with Crippen LogP contribution in [-0.2, 0) is 20.7 Å². The van der Waals surface area contributed by atoms with E-state index in [1.165, 1.54) is 0 Å². The molecule has 0 atom stereocenters. The van der Waals surface area contributed by atoms with Gasteiger partial charge in [-0.25, -0.2) is 4.79 Å². The van der Waals surface area contributed by atoms with Crippen LogP contribution in [0.2, 0.25) is 0 Å². The summed E-state index contributed by atoms with van der Waals surface area (Å²) >= 11 is 0. The highest BCUT2D eigenvalue weighted by atomic mass is 16.5. The third-order valence-electron chi connectivity index (χ3n) is 5.00. The van der Waals surface area contributed by atoms with E-state index in [1.54, 1.807) is 6.92 Å². The van der Waals surface area contributed by atoms with Gasteiger partial charge in [-0.15, -0.1) is 0 Å². The lowest BCUT2D eigenvalue weighted by Gasteiger charge is -2.09. The fourth-order valence-corrected chi connectivity index (χ4v) is 3.08. The summed E-state index contributed by atoms with van der Waals surface area (Å²) in [5.74, 6) is -0.209. The van der Waals surface area contributed by atoms with Gasteiger partial charge in [0.25, 0.3) is 0 Å². The first-order chi connectivity index (χ1) is 15.3. The molecule has 0 aliphatic carbocycles. The van der Waals surface area contributed by atoms with Crippen LogP contribution in [0.3, 0.4) is 0 Å². The summed E-state index contributed by atoms with van der Waals surface area (Å²) in [6, 6.07) is 24.1. The van der Waals surface area contributed by atoms with Crippen LogP contribution in [0, 0.1) is 5.92 Å². The van der Waals surface area contributed by atoms with Crippen molar-refractivity contribution >= 4 is 11.9 Å². The molecule has 0 aromatic heterocycles. The van der Waals surface area contributed by atoms with Crippen LogP contribution in [-0.4, -0.2) is 18.5 Å². The number of esters is 2. The number of ether oxygens (including phenoxy) is 2. The van der Waals surface area contributed by atoms with Crippen LogP contribution in [0.1, 0.15) is 26.3 Å². The van der Waals surface area contributed by atoms with Crippen LogP contribution in [0.4, 0.5) is 0 Å². The Morgan fingerprint density at radius 1 is 0.844 bits per heavy atom. The van der Waals surface area contributed by atoms with Crippen LogP contribution < -0.4 is 4.74 Å². The van der Waals surface area contributed by atoms with Crippen molar-refractivity contribution in [2.75, 3.05) is 6.61 Å². The van der Waals surface area contributed by atoms with E-state index in [1.807, 2.05) is 44.2 Å². The molecule has 0 fully saturated rings. The average molecular weight is 429 g/mol. The molecule has 4 heteroatoms. The molecule has 0 unspecified atom stereocenters. The topological polar surface area (TPSA) is 52.6 Å². The quantitative estimate of drug-likeness (QED) is 0.242. The molecule has 0 bridgehead atoms. The zero-order valence-corrected chi connectivity index (χ0v) is 18.8. The molecule has 3 aromatic carbocycles. The molecule has 3 rings (SSSR count). The summed E-state index contributed by atoms with van der Waals surface area (Å²) in [5, 5.41) is 0. The minimum absolute atomic E-state index is 0.163. The van der Waals surface area contributed by atoms with Crippen LogP contribution in [0.25, 0.3) is 22.3 Å². The molecule has 3 aromatic rings. The highest BCUT2D eigenvalue weighted by molar-refractivity contribution is 5.86. The number of carbonyl (C=O) groups is 2. The maximum absolute atomic E-state index is 11.8. The van der Waals surface area contributed by atoms with Crippen molar-refractivity contribution in [3.63, 3.8) is 0 Å². The SMILES string of the molecule is C=C(C)C(=O)OCCc1ccc(-c2cccc(-c3ccc(OC(=O)C(C)C)cc3)c2)cc1. The van der Waals surface area contributed by atoms with Gasteiger partial charge in [0.2, 0.25) is 0 Å². The smallest absolute Gasteiger partial charge is 0.333 e. The van der Waals surface area contributed by atoms with E-state index in [0.29, 0.717) is 24.4 Å². The van der Waals surface area contributed by atoms with E-state index in [2.05, 4.69) is 49.0 Å². The van der Waals surface area contributed by atoms with Gasteiger partial charge in [0.05, 0.1) is 12.5 Å². The van der Waals surface area contributed by atoms with Gasteiger partial charge in [-0.3, -0.25) is 4.79 Å². The lowest BCUT2D eigenvalue weighted by molar-refractivity contribution is -0.139. The van der Waals surface area contributed by atoms with Gasteiger partial charge in [-0.2, -0.15) is 0 Å². The maximum atomic E-state index is 11.8. The number of hydrogen-bond acceptors (Lipinski definition) is 4. The highest BCUT2D eigenvalue weighted by Crippen LogP contribution is 2.28. The Balaban J connectivity index is 1.67. The molecule has 0 aliphatic heterocycles. The predicted molar refractivity (Wildman–Crippen MR) is 127 cm³/mol. The van der Waals surface area contributed by atoms with Gasteiger partial charge >= 0.3 is 11.9 Å². The molecule has 0 radical (unpaired) electrons. The van der Waals surface area contributed by atoms with E-state index in [9.17, 15) is 9.59 Å². The van der Waals surface area contributed by atoms with Crippen molar-refractivity contribution in [3.05, 3.63) is 90.5 Å². The standard InChI is InChI=1S/C28H28O4/c1-19(2)27(29)31-17-16-21-8-10-22(11-9-21)24-6-5-7-25(18-24)23-12-14-26(15-13-23)32-28(30)20(3)4/h5-15,18,20H,1,16-17H2,2-4H3. The zero-order chi connectivity index (χ0) is 23.1. The second-order valence-corrected chi connectivity index (χ2v) is 8.04. The van der Waals surface area contributed by atoms with Crippen LogP contribution in [0.15, 0.2) is 84.9 Å². The normalized spacial score (nSPS) is 10.6. The summed E-state index contributed by atoms with van der Waals surface area (Å²) in [5.41, 5.74) is 5.86. The molecule has 0 amide bonds. The maximum Gasteiger partial charge on any atom is 0.333 e. The predicted octanol–water partition coefficient (Wildman–Crippen LogP) is 6.24. The number of hydrogen-bond donors (Lipinski definition) is 0. The minimum Gasteiger partial charge on any atom is -0.462 e. The van der Waals surface area contributed by atoms with Crippen molar-refractivity contribution < 1.29 is 19.1 Å². The first-order valence-electron chi connectivity index (χ1n) is 10.7. The second-order valence-electron chi connectivity index (χ2n) is 8.04. The Bertz CT molecular complexity index is 1090. The monoisotopic (exact) mass is 428 g/mol. The Morgan fingerprint density at radius 2 is 1.41 bits per heavy atom. The van der Waals surface area contributed by atoms with Crippen LogP contribution in [0.5, 0.6) is 5.75 Å². The lowest BCUT2D eigenvalue weighted by atomic mass is 9.98. The average Bonchev–Trinajstić information content (AvgIpc) is 2.80. The molecule has 32 heavy (non-hydrogen) atoms. The van der Waals surface area contributed by atoms with Crippen molar-refractivity contribution in [2.24, 2.45) is 5.92 Å². The molecule has 0 saturated carbocycles. The van der Waals surface area contributed by atoms with E-state index >= 15 is 0 Å². The molecule has 0 saturated heterocycles. The molecular formula is C28H28O4. The van der Waals surface area contributed by atoms with Gasteiger partial charge in [0, 0.05) is 12.0 Å². The number of carbonyl (C=O) groups excluding carboxylic acids is 2. The highest BCUT2D eigenvalue weighted by Gasteiger charge is 2.10. The first kappa shape index (κ1) is 23.0. The van der Waals surface area contributed by atoms with Crippen LogP contribution >= 0.6 is 0 Å². The Labute approximate surface area is 189 Å². The zero-order valence-electron chi connectivity index (χ0n) is 18.8. The van der Waals surface area contributed by atoms with Gasteiger partial charge < -0.3 is 9.47 Å². The van der Waals surface area contributed by atoms with Crippen molar-refractivity contribution in [1.29, 1.82) is 0 Å². The third-order valence-corrected chi connectivity index (χ3v) is 5.00. The van der Waals surface area contributed by atoms with E-state index < -0.39 is 0 Å². The Kier molecular flexibility index (Phi) is 7.61. The summed E-state index contributed by atoms with van der Waals surface area (Å²) in [7, 11) is 0. The minimum atomic E-state index is -0.357. The largest absolute Gasteiger partial charge is 0.462 e. The molecule has 0 aliphatic rings. The summed E-state index contributed by atoms with van der Waals surface area (Å²) in [6.07, 6.45) is 0.660. The van der Waals surface area contributed by atoms with Crippen molar-refractivity contribution in [3.8, 4) is 28.0 Å². The van der Waals surface area contributed by atoms with Gasteiger partial charge in [0.1, 0.15) is 5.75 Å². The lowest BCUT2D eigenvalue weighted by Crippen LogP contribution is -2.14. The molecule has 164 valence electrons. The second kappa shape index (κ2) is 10.6. The van der Waals surface area contributed by atoms with E-state index in [0.717, 1.165) is 27.8 Å². The number of benzene rings is 3. The van der Waals surface area contributed by atoms with E-state index in [4.69, 9.17) is 9.47 Å². The summed E-state index contributed by atoms with van der Waals surface area (Å²) < 4.78 is 10.5. The van der Waals surface area contributed by atoms with Gasteiger partial charge in [-0.1, -0.05) is 75.0 Å². The third kappa shape index (κ3) is 6.17. The molecule has 0 heterocycles. The Hall–Kier alpha value is -3.66. The fraction of sp³-hybridized carbons (Fsp3) is 0.214. The Morgan fingerprint density at radius 3 is 1.94 bits per heavy atom. The molecular weight excluding hydrogens is 400 g/mol. The first-order valence-corrected chi connectivity index (χ1v) is 10.7. The van der Waals surface area contributed by atoms with E-state index in [-0.39, 0.29) is 17.9 Å². The number of rotatable bonds is 8. The van der Waals surface area contributed by atoms with Crippen molar-refractivity contribution in [1.82, 2.24) is 0 Å². The molecule has 0 N–H and O–H groups in total.